The topological polar surface area (TPSA) is 49.3 Å². The third-order valence-corrected chi connectivity index (χ3v) is 4.26. The number of carboxylic acids is 1. The third-order valence-electron chi connectivity index (χ3n) is 4.26. The summed E-state index contributed by atoms with van der Waals surface area (Å²) in [5.74, 6) is -0.729. The number of rotatable bonds is 3. The van der Waals surface area contributed by atoms with Crippen LogP contribution in [-0.4, -0.2) is 23.7 Å². The maximum Gasteiger partial charge on any atom is 0.317 e. The van der Waals surface area contributed by atoms with Crippen molar-refractivity contribution in [3.05, 3.63) is 0 Å². The van der Waals surface area contributed by atoms with E-state index in [9.17, 15) is 4.79 Å². The molecular formula is C12H21NO2. The predicted molar refractivity (Wildman–Crippen MR) is 58.8 cm³/mol. The van der Waals surface area contributed by atoms with E-state index < -0.39 is 5.97 Å². The fourth-order valence-electron chi connectivity index (χ4n) is 3.52. The average molecular weight is 211 g/mol. The zero-order valence-corrected chi connectivity index (χ0v) is 9.30. The molecule has 0 aliphatic heterocycles. The van der Waals surface area contributed by atoms with Gasteiger partial charge in [-0.1, -0.05) is 25.7 Å². The first-order valence-corrected chi connectivity index (χ1v) is 6.18. The Kier molecular flexibility index (Phi) is 3.29. The van der Waals surface area contributed by atoms with Crippen molar-refractivity contribution in [2.75, 3.05) is 6.54 Å². The lowest BCUT2D eigenvalue weighted by Crippen LogP contribution is -2.44. The smallest absolute Gasteiger partial charge is 0.317 e. The first-order valence-electron chi connectivity index (χ1n) is 6.18. The van der Waals surface area contributed by atoms with Crippen LogP contribution in [0.1, 0.15) is 51.4 Å². The van der Waals surface area contributed by atoms with Gasteiger partial charge in [0.2, 0.25) is 0 Å². The van der Waals surface area contributed by atoms with Gasteiger partial charge in [-0.15, -0.1) is 0 Å². The lowest BCUT2D eigenvalue weighted by Gasteiger charge is -2.39. The van der Waals surface area contributed by atoms with Gasteiger partial charge in [0.15, 0.2) is 0 Å². The number of nitrogens with one attached hydrogen (secondary N) is 1. The summed E-state index contributed by atoms with van der Waals surface area (Å²) >= 11 is 0. The summed E-state index contributed by atoms with van der Waals surface area (Å²) in [6.07, 6.45) is 10.4. The van der Waals surface area contributed by atoms with Crippen molar-refractivity contribution >= 4 is 5.97 Å². The van der Waals surface area contributed by atoms with Gasteiger partial charge in [-0.05, 0) is 31.1 Å². The van der Waals surface area contributed by atoms with Gasteiger partial charge in [0.05, 0.1) is 6.54 Å². The molecule has 1 unspecified atom stereocenters. The first kappa shape index (κ1) is 10.9. The molecule has 0 amide bonds. The minimum atomic E-state index is -0.729. The molecule has 0 aromatic heterocycles. The second kappa shape index (κ2) is 4.52. The van der Waals surface area contributed by atoms with E-state index in [4.69, 9.17) is 5.11 Å². The largest absolute Gasteiger partial charge is 0.480 e. The minimum Gasteiger partial charge on any atom is -0.480 e. The second-order valence-corrected chi connectivity index (χ2v) is 5.14. The van der Waals surface area contributed by atoms with Crippen LogP contribution < -0.4 is 5.32 Å². The van der Waals surface area contributed by atoms with Crippen LogP contribution in [0.25, 0.3) is 0 Å². The Bertz CT molecular complexity index is 234. The average Bonchev–Trinajstić information content (AvgIpc) is 2.59. The van der Waals surface area contributed by atoms with E-state index >= 15 is 0 Å². The highest BCUT2D eigenvalue weighted by Crippen LogP contribution is 2.48. The van der Waals surface area contributed by atoms with Gasteiger partial charge in [0, 0.05) is 6.04 Å². The van der Waals surface area contributed by atoms with Crippen LogP contribution in [0.3, 0.4) is 0 Å². The Balaban J connectivity index is 1.94. The standard InChI is InChI=1S/C12H21NO2/c14-11(15)9-13-10-5-4-8-12(10)6-2-1-3-7-12/h10,13H,1-9H2,(H,14,15). The minimum absolute atomic E-state index is 0.131. The molecule has 2 saturated carbocycles. The lowest BCUT2D eigenvalue weighted by atomic mass is 9.70. The molecule has 3 heteroatoms. The molecule has 0 radical (unpaired) electrons. The van der Waals surface area contributed by atoms with Crippen molar-refractivity contribution in [1.29, 1.82) is 0 Å². The number of carbonyl (C=O) groups is 1. The Morgan fingerprint density at radius 2 is 1.87 bits per heavy atom. The van der Waals surface area contributed by atoms with Crippen molar-refractivity contribution in [2.24, 2.45) is 5.41 Å². The number of hydrogen-bond acceptors (Lipinski definition) is 2. The molecule has 0 aromatic carbocycles. The fraction of sp³-hybridized carbons (Fsp3) is 0.917. The quantitative estimate of drug-likeness (QED) is 0.752. The van der Waals surface area contributed by atoms with E-state index in [1.165, 1.54) is 51.4 Å². The van der Waals surface area contributed by atoms with E-state index in [0.717, 1.165) is 0 Å². The molecule has 86 valence electrons. The number of aliphatic carboxylic acids is 1. The van der Waals surface area contributed by atoms with Gasteiger partial charge in [0.1, 0.15) is 0 Å². The van der Waals surface area contributed by atoms with Gasteiger partial charge in [-0.25, -0.2) is 0 Å². The van der Waals surface area contributed by atoms with Crippen molar-refractivity contribution in [3.63, 3.8) is 0 Å². The van der Waals surface area contributed by atoms with Crippen molar-refractivity contribution in [3.8, 4) is 0 Å². The summed E-state index contributed by atoms with van der Waals surface area (Å²) in [6.45, 7) is 0.131. The molecule has 2 aliphatic rings. The normalized spacial score (nSPS) is 29.5. The van der Waals surface area contributed by atoms with Crippen molar-refractivity contribution in [1.82, 2.24) is 5.32 Å². The van der Waals surface area contributed by atoms with Crippen LogP contribution in [0.4, 0.5) is 0 Å². The molecule has 0 heterocycles. The lowest BCUT2D eigenvalue weighted by molar-refractivity contribution is -0.136. The SMILES string of the molecule is O=C(O)CNC1CCCC12CCCCC2. The highest BCUT2D eigenvalue weighted by molar-refractivity contribution is 5.69. The molecule has 1 spiro atoms. The molecular weight excluding hydrogens is 190 g/mol. The molecule has 2 rings (SSSR count). The number of carboxylic acid groups (broad SMARTS) is 1. The van der Waals surface area contributed by atoms with E-state index in [1.807, 2.05) is 0 Å². The third kappa shape index (κ3) is 2.33. The van der Waals surface area contributed by atoms with Crippen LogP contribution in [0, 0.1) is 5.41 Å². The molecule has 3 nitrogen and oxygen atoms in total. The monoisotopic (exact) mass is 211 g/mol. The Morgan fingerprint density at radius 3 is 2.53 bits per heavy atom. The highest BCUT2D eigenvalue weighted by atomic mass is 16.4. The fourth-order valence-corrected chi connectivity index (χ4v) is 3.52. The van der Waals surface area contributed by atoms with Crippen LogP contribution in [0.2, 0.25) is 0 Å². The summed E-state index contributed by atoms with van der Waals surface area (Å²) in [4.78, 5) is 10.6. The Labute approximate surface area is 91.2 Å². The van der Waals surface area contributed by atoms with E-state index in [-0.39, 0.29) is 6.54 Å². The van der Waals surface area contributed by atoms with Gasteiger partial charge in [-0.2, -0.15) is 0 Å². The van der Waals surface area contributed by atoms with Crippen molar-refractivity contribution in [2.45, 2.75) is 57.4 Å². The number of hydrogen-bond donors (Lipinski definition) is 2. The Morgan fingerprint density at radius 1 is 1.20 bits per heavy atom. The molecule has 0 bridgehead atoms. The van der Waals surface area contributed by atoms with Gasteiger partial charge in [0.25, 0.3) is 0 Å². The first-order chi connectivity index (χ1) is 7.23. The van der Waals surface area contributed by atoms with Crippen LogP contribution in [0.5, 0.6) is 0 Å². The molecule has 2 fully saturated rings. The molecule has 2 N–H and O–H groups in total. The van der Waals surface area contributed by atoms with Crippen LogP contribution >= 0.6 is 0 Å². The molecule has 0 aromatic rings. The maximum absolute atomic E-state index is 10.6. The van der Waals surface area contributed by atoms with Gasteiger partial charge in [-0.3, -0.25) is 4.79 Å². The zero-order valence-electron chi connectivity index (χ0n) is 9.30. The molecule has 0 saturated heterocycles. The van der Waals surface area contributed by atoms with E-state index in [1.54, 1.807) is 0 Å². The van der Waals surface area contributed by atoms with Crippen molar-refractivity contribution < 1.29 is 9.90 Å². The maximum atomic E-state index is 10.6. The summed E-state index contributed by atoms with van der Waals surface area (Å²) in [5.41, 5.74) is 0.452. The van der Waals surface area contributed by atoms with E-state index in [0.29, 0.717) is 11.5 Å². The predicted octanol–water partition coefficient (Wildman–Crippen LogP) is 2.16. The molecule has 15 heavy (non-hydrogen) atoms. The van der Waals surface area contributed by atoms with E-state index in [2.05, 4.69) is 5.32 Å². The van der Waals surface area contributed by atoms with Gasteiger partial charge < -0.3 is 10.4 Å². The van der Waals surface area contributed by atoms with Crippen LogP contribution in [0.15, 0.2) is 0 Å². The Hall–Kier alpha value is -0.570. The summed E-state index contributed by atoms with van der Waals surface area (Å²) < 4.78 is 0. The molecule has 1 atom stereocenters. The van der Waals surface area contributed by atoms with Crippen LogP contribution in [-0.2, 0) is 4.79 Å². The molecule has 2 aliphatic carbocycles. The summed E-state index contributed by atoms with van der Waals surface area (Å²) in [6, 6.07) is 0.467. The highest BCUT2D eigenvalue weighted by Gasteiger charge is 2.42. The second-order valence-electron chi connectivity index (χ2n) is 5.14. The zero-order chi connectivity index (χ0) is 10.7. The van der Waals surface area contributed by atoms with Gasteiger partial charge >= 0.3 is 5.97 Å². The summed E-state index contributed by atoms with van der Waals surface area (Å²) in [7, 11) is 0. The summed E-state index contributed by atoms with van der Waals surface area (Å²) in [5, 5.41) is 11.9.